The zero-order valence-electron chi connectivity index (χ0n) is 10.1. The Morgan fingerprint density at radius 2 is 2.22 bits per heavy atom. The van der Waals surface area contributed by atoms with Crippen molar-refractivity contribution in [2.24, 2.45) is 0 Å². The Labute approximate surface area is 110 Å². The molecule has 1 fully saturated rings. The minimum absolute atomic E-state index is 0.179. The van der Waals surface area contributed by atoms with Crippen molar-refractivity contribution < 1.29 is 14.7 Å². The molecule has 0 spiro atoms. The van der Waals surface area contributed by atoms with Gasteiger partial charge in [-0.2, -0.15) is 0 Å². The minimum atomic E-state index is -0.967. The molecule has 1 heterocycles. The fraction of sp³-hybridized carbons (Fsp3) is 0.385. The van der Waals surface area contributed by atoms with E-state index >= 15 is 0 Å². The third-order valence-corrected chi connectivity index (χ3v) is 4.35. The van der Waals surface area contributed by atoms with E-state index in [1.54, 1.807) is 0 Å². The van der Waals surface area contributed by atoms with Crippen LogP contribution in [0.1, 0.15) is 11.1 Å². The number of nitrogens with one attached hydrogen (secondary N) is 1. The number of amides is 1. The number of rotatable bonds is 3. The molecule has 1 aliphatic rings. The van der Waals surface area contributed by atoms with Crippen molar-refractivity contribution in [3.8, 4) is 0 Å². The monoisotopic (exact) mass is 265 g/mol. The first-order valence-electron chi connectivity index (χ1n) is 5.77. The van der Waals surface area contributed by atoms with Gasteiger partial charge < -0.3 is 10.4 Å². The van der Waals surface area contributed by atoms with Crippen LogP contribution in [0, 0.1) is 6.92 Å². The highest BCUT2D eigenvalue weighted by atomic mass is 32.2. The van der Waals surface area contributed by atoms with Crippen LogP contribution in [0.3, 0.4) is 0 Å². The van der Waals surface area contributed by atoms with Gasteiger partial charge in [-0.1, -0.05) is 24.3 Å². The lowest BCUT2D eigenvalue weighted by atomic mass is 10.0. The van der Waals surface area contributed by atoms with Crippen LogP contribution in [0.5, 0.6) is 0 Å². The van der Waals surface area contributed by atoms with E-state index in [2.05, 4.69) is 5.32 Å². The highest BCUT2D eigenvalue weighted by Crippen LogP contribution is 2.23. The van der Waals surface area contributed by atoms with Crippen molar-refractivity contribution in [1.82, 2.24) is 5.32 Å². The molecule has 1 saturated heterocycles. The molecular formula is C13H15NO3S. The number of carboxylic acids is 1. The van der Waals surface area contributed by atoms with E-state index in [-0.39, 0.29) is 11.2 Å². The summed E-state index contributed by atoms with van der Waals surface area (Å²) in [7, 11) is 0. The highest BCUT2D eigenvalue weighted by Gasteiger charge is 2.32. The first-order valence-corrected chi connectivity index (χ1v) is 6.82. The lowest BCUT2D eigenvalue weighted by Crippen LogP contribution is -2.51. The Balaban J connectivity index is 2.02. The third kappa shape index (κ3) is 2.85. The number of carbonyl (C=O) groups is 2. The highest BCUT2D eigenvalue weighted by molar-refractivity contribution is 8.00. The van der Waals surface area contributed by atoms with Crippen molar-refractivity contribution in [3.05, 3.63) is 35.4 Å². The maximum Gasteiger partial charge on any atom is 0.327 e. The summed E-state index contributed by atoms with van der Waals surface area (Å²) in [5, 5.41) is 11.2. The smallest absolute Gasteiger partial charge is 0.327 e. The molecule has 1 amide bonds. The van der Waals surface area contributed by atoms with Gasteiger partial charge in [0.15, 0.2) is 0 Å². The van der Waals surface area contributed by atoms with Crippen LogP contribution < -0.4 is 5.32 Å². The summed E-state index contributed by atoms with van der Waals surface area (Å²) in [5.41, 5.74) is 2.30. The molecule has 0 unspecified atom stereocenters. The number of hydrogen-bond donors (Lipinski definition) is 2. The number of aliphatic carboxylic acids is 1. The van der Waals surface area contributed by atoms with Gasteiger partial charge >= 0.3 is 5.97 Å². The number of thioether (sulfide) groups is 1. The summed E-state index contributed by atoms with van der Waals surface area (Å²) in [6.45, 7) is 2.01. The minimum Gasteiger partial charge on any atom is -0.480 e. The topological polar surface area (TPSA) is 66.4 Å². The molecule has 0 aliphatic carbocycles. The summed E-state index contributed by atoms with van der Waals surface area (Å²) >= 11 is 1.42. The second-order valence-corrected chi connectivity index (χ2v) is 5.59. The summed E-state index contributed by atoms with van der Waals surface area (Å²) in [5.74, 6) is -0.718. The predicted octanol–water partition coefficient (Wildman–Crippen LogP) is 1.22. The van der Waals surface area contributed by atoms with E-state index in [0.29, 0.717) is 12.2 Å². The Morgan fingerprint density at radius 3 is 2.83 bits per heavy atom. The van der Waals surface area contributed by atoms with E-state index in [1.165, 1.54) is 11.8 Å². The third-order valence-electron chi connectivity index (χ3n) is 3.04. The Hall–Kier alpha value is -1.49. The van der Waals surface area contributed by atoms with Gasteiger partial charge in [0.25, 0.3) is 0 Å². The number of carboxylic acid groups (broad SMARTS) is 1. The molecule has 1 aliphatic heterocycles. The van der Waals surface area contributed by atoms with Crippen LogP contribution in [0.2, 0.25) is 0 Å². The SMILES string of the molecule is Cc1ccccc1C[C@H]1SC[C@@H](C(=O)O)NC1=O. The second-order valence-electron chi connectivity index (χ2n) is 4.35. The van der Waals surface area contributed by atoms with Crippen molar-refractivity contribution in [1.29, 1.82) is 0 Å². The lowest BCUT2D eigenvalue weighted by Gasteiger charge is -2.26. The fourth-order valence-electron chi connectivity index (χ4n) is 1.92. The van der Waals surface area contributed by atoms with Crippen molar-refractivity contribution in [2.75, 3.05) is 5.75 Å². The first-order chi connectivity index (χ1) is 8.58. The molecule has 0 saturated carbocycles. The van der Waals surface area contributed by atoms with Crippen molar-refractivity contribution in [2.45, 2.75) is 24.6 Å². The van der Waals surface area contributed by atoms with Gasteiger partial charge in [-0.3, -0.25) is 4.79 Å². The first kappa shape index (κ1) is 13.0. The molecule has 0 bridgehead atoms. The van der Waals surface area contributed by atoms with Gasteiger partial charge in [-0.25, -0.2) is 4.79 Å². The molecule has 5 heteroatoms. The Kier molecular flexibility index (Phi) is 3.91. The van der Waals surface area contributed by atoms with Crippen LogP contribution in [-0.4, -0.2) is 34.0 Å². The van der Waals surface area contributed by atoms with Crippen LogP contribution >= 0.6 is 11.8 Å². The molecule has 2 atom stereocenters. The molecule has 0 aromatic heterocycles. The summed E-state index contributed by atoms with van der Waals surface area (Å²) in [6, 6.07) is 7.18. The number of hydrogen-bond acceptors (Lipinski definition) is 3. The van der Waals surface area contributed by atoms with Crippen LogP contribution in [0.15, 0.2) is 24.3 Å². The quantitative estimate of drug-likeness (QED) is 0.862. The number of benzene rings is 1. The van der Waals surface area contributed by atoms with Gasteiger partial charge in [0, 0.05) is 5.75 Å². The fourth-order valence-corrected chi connectivity index (χ4v) is 3.09. The predicted molar refractivity (Wildman–Crippen MR) is 70.7 cm³/mol. The summed E-state index contributed by atoms with van der Waals surface area (Å²) in [6.07, 6.45) is 0.648. The average Bonchev–Trinajstić information content (AvgIpc) is 2.34. The molecule has 4 nitrogen and oxygen atoms in total. The van der Waals surface area contributed by atoms with Gasteiger partial charge in [0.1, 0.15) is 6.04 Å². The normalized spacial score (nSPS) is 23.5. The van der Waals surface area contributed by atoms with Crippen LogP contribution in [-0.2, 0) is 16.0 Å². The molecular weight excluding hydrogens is 250 g/mol. The lowest BCUT2D eigenvalue weighted by molar-refractivity contribution is -0.141. The van der Waals surface area contributed by atoms with E-state index in [1.807, 2.05) is 31.2 Å². The summed E-state index contributed by atoms with van der Waals surface area (Å²) in [4.78, 5) is 22.6. The molecule has 0 radical (unpaired) electrons. The molecule has 1 aromatic carbocycles. The van der Waals surface area contributed by atoms with E-state index in [0.717, 1.165) is 11.1 Å². The van der Waals surface area contributed by atoms with Gasteiger partial charge in [-0.05, 0) is 24.5 Å². The van der Waals surface area contributed by atoms with Crippen LogP contribution in [0.4, 0.5) is 0 Å². The Morgan fingerprint density at radius 1 is 1.50 bits per heavy atom. The number of aryl methyl sites for hydroxylation is 1. The van der Waals surface area contributed by atoms with Crippen molar-refractivity contribution in [3.63, 3.8) is 0 Å². The second kappa shape index (κ2) is 5.44. The maximum atomic E-state index is 11.8. The van der Waals surface area contributed by atoms with Gasteiger partial charge in [0.05, 0.1) is 5.25 Å². The van der Waals surface area contributed by atoms with Crippen molar-refractivity contribution >= 4 is 23.6 Å². The zero-order valence-corrected chi connectivity index (χ0v) is 10.9. The van der Waals surface area contributed by atoms with Gasteiger partial charge in [0.2, 0.25) is 5.91 Å². The van der Waals surface area contributed by atoms with E-state index in [9.17, 15) is 9.59 Å². The van der Waals surface area contributed by atoms with E-state index in [4.69, 9.17) is 5.11 Å². The molecule has 1 aromatic rings. The largest absolute Gasteiger partial charge is 0.480 e. The Bertz CT molecular complexity index is 475. The zero-order chi connectivity index (χ0) is 13.1. The number of carbonyl (C=O) groups excluding carboxylic acids is 1. The summed E-state index contributed by atoms with van der Waals surface area (Å²) < 4.78 is 0. The molecule has 2 rings (SSSR count). The van der Waals surface area contributed by atoms with Gasteiger partial charge in [-0.15, -0.1) is 11.8 Å². The molecule has 2 N–H and O–H groups in total. The maximum absolute atomic E-state index is 11.8. The standard InChI is InChI=1S/C13H15NO3S/c1-8-4-2-3-5-9(8)6-11-12(15)14-10(7-18-11)13(16)17/h2-5,10-11H,6-7H2,1H3,(H,14,15)(H,16,17)/t10-,11+/m0/s1. The molecule has 18 heavy (non-hydrogen) atoms. The van der Waals surface area contributed by atoms with E-state index < -0.39 is 12.0 Å². The molecule has 96 valence electrons. The average molecular weight is 265 g/mol. The van der Waals surface area contributed by atoms with Crippen LogP contribution in [0.25, 0.3) is 0 Å².